The van der Waals surface area contributed by atoms with Crippen LogP contribution in [-0.2, 0) is 17.6 Å². The minimum atomic E-state index is 0.646. The Morgan fingerprint density at radius 2 is 1.85 bits per heavy atom. The molecule has 0 unspecified atom stereocenters. The fourth-order valence-corrected chi connectivity index (χ4v) is 4.80. The predicted octanol–water partition coefficient (Wildman–Crippen LogP) is 4.97. The van der Waals surface area contributed by atoms with Crippen LogP contribution in [0.5, 0.6) is 11.5 Å². The maximum Gasteiger partial charge on any atom is 0.162 e. The molecule has 2 aromatic carbocycles. The number of hydrogen-bond donors (Lipinski definition) is 1. The highest BCUT2D eigenvalue weighted by Gasteiger charge is 2.14. The molecule has 33 heavy (non-hydrogen) atoms. The van der Waals surface area contributed by atoms with Crippen molar-refractivity contribution in [3.05, 3.63) is 53.7 Å². The van der Waals surface area contributed by atoms with Gasteiger partial charge in [-0.25, -0.2) is 0 Å². The van der Waals surface area contributed by atoms with Gasteiger partial charge in [-0.3, -0.25) is 9.88 Å². The van der Waals surface area contributed by atoms with E-state index in [-0.39, 0.29) is 0 Å². The minimum Gasteiger partial charge on any atom is -0.493 e. The van der Waals surface area contributed by atoms with Gasteiger partial charge in [0.25, 0.3) is 0 Å². The van der Waals surface area contributed by atoms with E-state index < -0.39 is 0 Å². The zero-order valence-corrected chi connectivity index (χ0v) is 19.4. The summed E-state index contributed by atoms with van der Waals surface area (Å²) in [5.74, 6) is 1.47. The topological polar surface area (TPSA) is 55.8 Å². The number of ether oxygens (including phenoxy) is 3. The number of hydrogen-bond acceptors (Lipinski definition) is 6. The first kappa shape index (κ1) is 22.0. The molecule has 1 fully saturated rings. The quantitative estimate of drug-likeness (QED) is 0.492. The average molecular weight is 448 g/mol. The van der Waals surface area contributed by atoms with Crippen LogP contribution in [0.3, 0.4) is 0 Å². The molecule has 3 aromatic rings. The van der Waals surface area contributed by atoms with E-state index in [9.17, 15) is 0 Å². The molecule has 0 saturated carbocycles. The molecule has 1 aliphatic carbocycles. The van der Waals surface area contributed by atoms with Crippen LogP contribution >= 0.6 is 0 Å². The number of morpholine rings is 1. The first-order valence-corrected chi connectivity index (χ1v) is 12.1. The van der Waals surface area contributed by atoms with Crippen molar-refractivity contribution < 1.29 is 14.2 Å². The predicted molar refractivity (Wildman–Crippen MR) is 132 cm³/mol. The van der Waals surface area contributed by atoms with Crippen molar-refractivity contribution in [2.75, 3.05) is 51.9 Å². The first-order chi connectivity index (χ1) is 16.3. The van der Waals surface area contributed by atoms with Gasteiger partial charge < -0.3 is 19.5 Å². The summed E-state index contributed by atoms with van der Waals surface area (Å²) in [6.45, 7) is 5.32. The molecule has 6 heteroatoms. The number of aryl methyl sites for hydroxylation is 2. The third-order valence-corrected chi connectivity index (χ3v) is 6.63. The second-order valence-corrected chi connectivity index (χ2v) is 8.85. The monoisotopic (exact) mass is 447 g/mol. The van der Waals surface area contributed by atoms with Crippen molar-refractivity contribution in [1.82, 2.24) is 9.88 Å². The Bertz CT molecular complexity index is 1100. The Labute approximate surface area is 195 Å². The van der Waals surface area contributed by atoms with Crippen LogP contribution in [-0.4, -0.2) is 56.4 Å². The van der Waals surface area contributed by atoms with Crippen LogP contribution in [0.4, 0.5) is 11.4 Å². The Hall–Kier alpha value is -2.83. The SMILES string of the molecule is COc1cc2nccc(Nc3ccc4c(c3)CCCC4)c2cc1OCCCN1CCOCC1. The first-order valence-electron chi connectivity index (χ1n) is 12.1. The lowest BCUT2D eigenvalue weighted by Crippen LogP contribution is -2.37. The van der Waals surface area contributed by atoms with Crippen molar-refractivity contribution >= 4 is 22.3 Å². The Morgan fingerprint density at radius 3 is 2.70 bits per heavy atom. The van der Waals surface area contributed by atoms with Crippen LogP contribution in [0.15, 0.2) is 42.6 Å². The van der Waals surface area contributed by atoms with Crippen LogP contribution < -0.4 is 14.8 Å². The number of aromatic nitrogens is 1. The van der Waals surface area contributed by atoms with Gasteiger partial charge in [-0.2, -0.15) is 0 Å². The smallest absolute Gasteiger partial charge is 0.162 e. The summed E-state index contributed by atoms with van der Waals surface area (Å²) >= 11 is 0. The largest absolute Gasteiger partial charge is 0.493 e. The average Bonchev–Trinajstić information content (AvgIpc) is 2.87. The molecular formula is C27H33N3O3. The van der Waals surface area contributed by atoms with Gasteiger partial charge in [0.1, 0.15) is 0 Å². The third kappa shape index (κ3) is 5.23. The van der Waals surface area contributed by atoms with Gasteiger partial charge in [0.2, 0.25) is 0 Å². The zero-order valence-electron chi connectivity index (χ0n) is 19.4. The summed E-state index contributed by atoms with van der Waals surface area (Å²) in [5, 5.41) is 4.64. The van der Waals surface area contributed by atoms with Crippen LogP contribution in [0.25, 0.3) is 10.9 Å². The molecule has 1 aromatic heterocycles. The second kappa shape index (κ2) is 10.4. The highest BCUT2D eigenvalue weighted by Crippen LogP contribution is 2.36. The number of benzene rings is 2. The molecule has 0 amide bonds. The van der Waals surface area contributed by atoms with Gasteiger partial charge >= 0.3 is 0 Å². The summed E-state index contributed by atoms with van der Waals surface area (Å²) in [6.07, 6.45) is 7.74. The molecule has 0 radical (unpaired) electrons. The standard InChI is InChI=1S/C27H33N3O3/c1-31-26-19-25-23(18-27(26)33-14-4-11-30-12-15-32-16-13-30)24(9-10-28-25)29-22-8-7-20-5-2-3-6-21(20)17-22/h7-10,17-19H,2-6,11-16H2,1H3,(H,28,29). The fraction of sp³-hybridized carbons (Fsp3) is 0.444. The summed E-state index contributed by atoms with van der Waals surface area (Å²) in [5.41, 5.74) is 5.98. The van der Waals surface area contributed by atoms with Crippen LogP contribution in [0, 0.1) is 0 Å². The summed E-state index contributed by atoms with van der Waals surface area (Å²) in [7, 11) is 1.68. The Morgan fingerprint density at radius 1 is 1.00 bits per heavy atom. The fourth-order valence-electron chi connectivity index (χ4n) is 4.80. The highest BCUT2D eigenvalue weighted by atomic mass is 16.5. The van der Waals surface area contributed by atoms with E-state index in [0.29, 0.717) is 12.4 Å². The van der Waals surface area contributed by atoms with Crippen molar-refractivity contribution in [2.45, 2.75) is 32.1 Å². The van der Waals surface area contributed by atoms with E-state index in [0.717, 1.165) is 67.3 Å². The van der Waals surface area contributed by atoms with Crippen molar-refractivity contribution in [2.24, 2.45) is 0 Å². The number of methoxy groups -OCH3 is 1. The molecule has 0 atom stereocenters. The normalized spacial score (nSPS) is 16.4. The lowest BCUT2D eigenvalue weighted by molar-refractivity contribution is 0.0357. The van der Waals surface area contributed by atoms with Gasteiger partial charge in [-0.05, 0) is 67.5 Å². The lowest BCUT2D eigenvalue weighted by Gasteiger charge is -2.26. The number of rotatable bonds is 8. The highest BCUT2D eigenvalue weighted by molar-refractivity contribution is 5.95. The molecule has 2 heterocycles. The molecule has 2 aliphatic rings. The molecule has 6 nitrogen and oxygen atoms in total. The van der Waals surface area contributed by atoms with Crippen LogP contribution in [0.2, 0.25) is 0 Å². The third-order valence-electron chi connectivity index (χ3n) is 6.63. The van der Waals surface area contributed by atoms with E-state index in [1.807, 2.05) is 18.3 Å². The number of nitrogens with zero attached hydrogens (tertiary/aromatic N) is 2. The lowest BCUT2D eigenvalue weighted by atomic mass is 9.91. The summed E-state index contributed by atoms with van der Waals surface area (Å²) < 4.78 is 17.2. The molecule has 1 N–H and O–H groups in total. The van der Waals surface area contributed by atoms with E-state index in [4.69, 9.17) is 14.2 Å². The van der Waals surface area contributed by atoms with Gasteiger partial charge in [0, 0.05) is 48.7 Å². The van der Waals surface area contributed by atoms with Crippen molar-refractivity contribution in [1.29, 1.82) is 0 Å². The van der Waals surface area contributed by atoms with Crippen molar-refractivity contribution in [3.63, 3.8) is 0 Å². The molecule has 174 valence electrons. The number of anilines is 2. The van der Waals surface area contributed by atoms with E-state index in [2.05, 4.69) is 39.5 Å². The number of fused-ring (bicyclic) bond motifs is 2. The molecule has 0 bridgehead atoms. The van der Waals surface area contributed by atoms with Gasteiger partial charge in [0.15, 0.2) is 11.5 Å². The van der Waals surface area contributed by atoms with E-state index >= 15 is 0 Å². The zero-order chi connectivity index (χ0) is 22.5. The van der Waals surface area contributed by atoms with Crippen molar-refractivity contribution in [3.8, 4) is 11.5 Å². The molecular weight excluding hydrogens is 414 g/mol. The van der Waals surface area contributed by atoms with Gasteiger partial charge in [-0.15, -0.1) is 0 Å². The van der Waals surface area contributed by atoms with Crippen LogP contribution in [0.1, 0.15) is 30.4 Å². The molecule has 1 saturated heterocycles. The number of nitrogens with one attached hydrogen (secondary N) is 1. The van der Waals surface area contributed by atoms with E-state index in [1.54, 1.807) is 7.11 Å². The minimum absolute atomic E-state index is 0.646. The van der Waals surface area contributed by atoms with E-state index in [1.165, 1.54) is 36.8 Å². The number of pyridine rings is 1. The maximum absolute atomic E-state index is 6.17. The summed E-state index contributed by atoms with van der Waals surface area (Å²) in [6, 6.07) is 12.8. The Balaban J connectivity index is 1.33. The molecule has 0 spiro atoms. The van der Waals surface area contributed by atoms with Gasteiger partial charge in [0.05, 0.1) is 32.4 Å². The summed E-state index contributed by atoms with van der Waals surface area (Å²) in [4.78, 5) is 6.99. The molecule has 5 rings (SSSR count). The molecule has 1 aliphatic heterocycles. The maximum atomic E-state index is 6.17. The second-order valence-electron chi connectivity index (χ2n) is 8.85. The Kier molecular flexibility index (Phi) is 6.93. The van der Waals surface area contributed by atoms with Gasteiger partial charge in [-0.1, -0.05) is 6.07 Å².